The first-order chi connectivity index (χ1) is 19.8. The van der Waals surface area contributed by atoms with Gasteiger partial charge in [0.2, 0.25) is 5.43 Å². The molecule has 0 aliphatic rings. The Morgan fingerprint density at radius 2 is 1.93 bits per heavy atom. The van der Waals surface area contributed by atoms with Crippen LogP contribution in [-0.2, 0) is 7.05 Å². The molecular formula is C31H23FN6O3. The molecule has 0 radical (unpaired) electrons. The van der Waals surface area contributed by atoms with Crippen LogP contribution in [0.15, 0.2) is 82.5 Å². The standard InChI is InChI=1S/C31H23FN6O3/c1-18-25(30-33-14-5-15-38(30)36-18)31(40)35-19(2)29-27(22-10-12-23(32)13-11-22)28(39)26-21(6-4-7-24(26)41-29)9-8-20-16-34-37(3)17-20/h4-7,10-17,19H,1-3H3,(H,35,40)/t19-/m0/s1. The van der Waals surface area contributed by atoms with Crippen molar-refractivity contribution in [2.24, 2.45) is 7.05 Å². The number of carbonyl (C=O) groups is 1. The van der Waals surface area contributed by atoms with E-state index in [9.17, 15) is 14.0 Å². The molecular weight excluding hydrogens is 523 g/mol. The average molecular weight is 547 g/mol. The number of benzene rings is 2. The van der Waals surface area contributed by atoms with Gasteiger partial charge >= 0.3 is 0 Å². The summed E-state index contributed by atoms with van der Waals surface area (Å²) >= 11 is 0. The Labute approximate surface area is 233 Å². The number of carbonyl (C=O) groups excluding carboxylic acids is 1. The van der Waals surface area contributed by atoms with Crippen molar-refractivity contribution in [1.82, 2.24) is 29.7 Å². The second kappa shape index (κ2) is 10.2. The van der Waals surface area contributed by atoms with Gasteiger partial charge in [0.1, 0.15) is 22.7 Å². The minimum absolute atomic E-state index is 0.204. The molecule has 1 N–H and O–H groups in total. The summed E-state index contributed by atoms with van der Waals surface area (Å²) in [6.45, 7) is 3.44. The fourth-order valence-electron chi connectivity index (χ4n) is 4.78. The third-order valence-electron chi connectivity index (χ3n) is 6.66. The van der Waals surface area contributed by atoms with E-state index in [4.69, 9.17) is 4.42 Å². The van der Waals surface area contributed by atoms with Crippen molar-refractivity contribution in [3.63, 3.8) is 0 Å². The second-order valence-corrected chi connectivity index (χ2v) is 9.55. The minimum atomic E-state index is -0.747. The number of hydrogen-bond acceptors (Lipinski definition) is 6. The van der Waals surface area contributed by atoms with Crippen LogP contribution in [0.1, 0.15) is 45.9 Å². The number of rotatable bonds is 4. The zero-order valence-electron chi connectivity index (χ0n) is 22.3. The summed E-state index contributed by atoms with van der Waals surface area (Å²) in [7, 11) is 1.79. The van der Waals surface area contributed by atoms with E-state index in [1.54, 1.807) is 74.6 Å². The number of aryl methyl sites for hydroxylation is 2. The molecule has 6 aromatic rings. The van der Waals surface area contributed by atoms with Crippen molar-refractivity contribution in [3.8, 4) is 23.0 Å². The van der Waals surface area contributed by atoms with Crippen molar-refractivity contribution in [3.05, 3.63) is 118 Å². The highest BCUT2D eigenvalue weighted by molar-refractivity contribution is 6.01. The largest absolute Gasteiger partial charge is 0.458 e. The van der Waals surface area contributed by atoms with Gasteiger partial charge in [0, 0.05) is 31.2 Å². The van der Waals surface area contributed by atoms with Crippen LogP contribution >= 0.6 is 0 Å². The van der Waals surface area contributed by atoms with Crippen molar-refractivity contribution < 1.29 is 13.6 Å². The number of halogens is 1. The Bertz CT molecular complexity index is 2080. The quantitative estimate of drug-likeness (QED) is 0.325. The molecule has 10 heteroatoms. The zero-order valence-corrected chi connectivity index (χ0v) is 22.3. The molecule has 6 rings (SSSR count). The molecule has 4 aromatic heterocycles. The fourth-order valence-corrected chi connectivity index (χ4v) is 4.78. The topological polar surface area (TPSA) is 107 Å². The van der Waals surface area contributed by atoms with Gasteiger partial charge in [-0.2, -0.15) is 10.2 Å². The third kappa shape index (κ3) is 4.74. The summed E-state index contributed by atoms with van der Waals surface area (Å²) in [5.74, 6) is 5.45. The van der Waals surface area contributed by atoms with Crippen LogP contribution in [0.4, 0.5) is 4.39 Å². The summed E-state index contributed by atoms with van der Waals surface area (Å²) in [5, 5.41) is 11.7. The number of nitrogens with one attached hydrogen (secondary N) is 1. The molecule has 1 atom stereocenters. The predicted molar refractivity (Wildman–Crippen MR) is 151 cm³/mol. The van der Waals surface area contributed by atoms with Gasteiger partial charge < -0.3 is 9.73 Å². The van der Waals surface area contributed by atoms with E-state index >= 15 is 0 Å². The molecule has 2 aromatic carbocycles. The highest BCUT2D eigenvalue weighted by atomic mass is 19.1. The zero-order chi connectivity index (χ0) is 28.7. The van der Waals surface area contributed by atoms with E-state index in [0.29, 0.717) is 39.2 Å². The predicted octanol–water partition coefficient (Wildman–Crippen LogP) is 4.57. The molecule has 0 fully saturated rings. The maximum Gasteiger partial charge on any atom is 0.257 e. The van der Waals surface area contributed by atoms with Gasteiger partial charge in [-0.15, -0.1) is 0 Å². The average Bonchev–Trinajstić information content (AvgIpc) is 3.53. The molecule has 0 aliphatic heterocycles. The van der Waals surface area contributed by atoms with Crippen molar-refractivity contribution >= 4 is 22.5 Å². The first kappa shape index (κ1) is 25.7. The molecule has 41 heavy (non-hydrogen) atoms. The van der Waals surface area contributed by atoms with E-state index in [1.165, 1.54) is 28.8 Å². The second-order valence-electron chi connectivity index (χ2n) is 9.55. The Kier molecular flexibility index (Phi) is 6.40. The van der Waals surface area contributed by atoms with Gasteiger partial charge in [-0.3, -0.25) is 14.3 Å². The van der Waals surface area contributed by atoms with Crippen LogP contribution in [0.3, 0.4) is 0 Å². The molecule has 1 amide bonds. The summed E-state index contributed by atoms with van der Waals surface area (Å²) in [5.41, 5.74) is 3.00. The summed E-state index contributed by atoms with van der Waals surface area (Å²) in [4.78, 5) is 31.9. The molecule has 0 saturated carbocycles. The van der Waals surface area contributed by atoms with Gasteiger partial charge in [0.15, 0.2) is 5.65 Å². The van der Waals surface area contributed by atoms with Gasteiger partial charge in [0.25, 0.3) is 5.91 Å². The monoisotopic (exact) mass is 546 g/mol. The summed E-state index contributed by atoms with van der Waals surface area (Å²) in [6.07, 6.45) is 6.70. The third-order valence-corrected chi connectivity index (χ3v) is 6.66. The number of amides is 1. The Morgan fingerprint density at radius 3 is 2.68 bits per heavy atom. The lowest BCUT2D eigenvalue weighted by Gasteiger charge is -2.18. The Morgan fingerprint density at radius 1 is 1.12 bits per heavy atom. The smallest absolute Gasteiger partial charge is 0.257 e. The summed E-state index contributed by atoms with van der Waals surface area (Å²) in [6, 6.07) is 11.7. The molecule has 0 bridgehead atoms. The van der Waals surface area contributed by atoms with Gasteiger partial charge in [-0.1, -0.05) is 30.0 Å². The number of nitrogens with zero attached hydrogens (tertiary/aromatic N) is 5. The Balaban J connectivity index is 1.49. The van der Waals surface area contributed by atoms with E-state index in [1.807, 2.05) is 0 Å². The van der Waals surface area contributed by atoms with Crippen molar-refractivity contribution in [2.75, 3.05) is 0 Å². The minimum Gasteiger partial charge on any atom is -0.458 e. The Hall–Kier alpha value is -5.56. The number of fused-ring (bicyclic) bond motifs is 2. The lowest BCUT2D eigenvalue weighted by molar-refractivity contribution is 0.0936. The lowest BCUT2D eigenvalue weighted by atomic mass is 9.97. The molecule has 0 saturated heterocycles. The van der Waals surface area contributed by atoms with Gasteiger partial charge in [-0.25, -0.2) is 13.9 Å². The van der Waals surface area contributed by atoms with E-state index in [0.717, 1.165) is 0 Å². The highest BCUT2D eigenvalue weighted by Crippen LogP contribution is 2.30. The molecule has 9 nitrogen and oxygen atoms in total. The number of aromatic nitrogens is 5. The SMILES string of the molecule is Cc1nn2cccnc2c1C(=O)N[C@@H](C)c1oc2cccc(C#Cc3cnn(C)c3)c2c(=O)c1-c1ccc(F)cc1. The van der Waals surface area contributed by atoms with Crippen molar-refractivity contribution in [2.45, 2.75) is 19.9 Å². The van der Waals surface area contributed by atoms with E-state index < -0.39 is 17.8 Å². The van der Waals surface area contributed by atoms with Crippen molar-refractivity contribution in [1.29, 1.82) is 0 Å². The van der Waals surface area contributed by atoms with Crippen LogP contribution in [0, 0.1) is 24.6 Å². The first-order valence-electron chi connectivity index (χ1n) is 12.8. The molecule has 0 unspecified atom stereocenters. The molecule has 0 spiro atoms. The highest BCUT2D eigenvalue weighted by Gasteiger charge is 2.26. The maximum absolute atomic E-state index is 14.1. The van der Waals surface area contributed by atoms with Crippen LogP contribution in [0.2, 0.25) is 0 Å². The van der Waals surface area contributed by atoms with Crippen LogP contribution in [-0.4, -0.2) is 30.3 Å². The molecule has 202 valence electrons. The van der Waals surface area contributed by atoms with Crippen LogP contribution in [0.25, 0.3) is 27.7 Å². The lowest BCUT2D eigenvalue weighted by Crippen LogP contribution is -2.28. The van der Waals surface area contributed by atoms with Gasteiger partial charge in [0.05, 0.1) is 34.4 Å². The van der Waals surface area contributed by atoms with Crippen LogP contribution < -0.4 is 10.7 Å². The van der Waals surface area contributed by atoms with Crippen LogP contribution in [0.5, 0.6) is 0 Å². The fraction of sp³-hybridized carbons (Fsp3) is 0.129. The molecule has 0 aliphatic carbocycles. The molecule has 4 heterocycles. The first-order valence-corrected chi connectivity index (χ1v) is 12.8. The maximum atomic E-state index is 14.1. The van der Waals surface area contributed by atoms with E-state index in [2.05, 4.69) is 32.3 Å². The number of hydrogen-bond donors (Lipinski definition) is 1. The normalized spacial score (nSPS) is 11.8. The van der Waals surface area contributed by atoms with Gasteiger partial charge in [-0.05, 0) is 49.7 Å². The summed E-state index contributed by atoms with van der Waals surface area (Å²) < 4.78 is 23.3. The van der Waals surface area contributed by atoms with E-state index in [-0.39, 0.29) is 22.1 Å².